The molecule has 112 valence electrons. The highest BCUT2D eigenvalue weighted by atomic mass is 16.5. The molecule has 1 aromatic rings. The van der Waals surface area contributed by atoms with Crippen LogP contribution in [0.25, 0.3) is 0 Å². The van der Waals surface area contributed by atoms with Crippen LogP contribution in [0.15, 0.2) is 4.52 Å². The molecule has 0 saturated heterocycles. The summed E-state index contributed by atoms with van der Waals surface area (Å²) in [5, 5.41) is 7.85. The Labute approximate surface area is 121 Å². The highest BCUT2D eigenvalue weighted by Gasteiger charge is 2.34. The molecule has 0 spiro atoms. The van der Waals surface area contributed by atoms with E-state index in [1.807, 2.05) is 0 Å². The first-order valence-electron chi connectivity index (χ1n) is 8.38. The molecule has 4 unspecified atom stereocenters. The smallest absolute Gasteiger partial charge is 0.231 e. The second-order valence-electron chi connectivity index (χ2n) is 6.48. The lowest BCUT2D eigenvalue weighted by molar-refractivity contribution is 0.327. The number of hydrogen-bond acceptors (Lipinski definition) is 4. The lowest BCUT2D eigenvalue weighted by Crippen LogP contribution is -2.31. The van der Waals surface area contributed by atoms with Gasteiger partial charge in [-0.3, -0.25) is 0 Å². The van der Waals surface area contributed by atoms with Gasteiger partial charge < -0.3 is 9.84 Å². The monoisotopic (exact) mass is 277 g/mol. The molecule has 20 heavy (non-hydrogen) atoms. The van der Waals surface area contributed by atoms with Crippen molar-refractivity contribution in [1.29, 1.82) is 0 Å². The minimum Gasteiger partial charge on any atom is -0.339 e. The molecule has 4 heteroatoms. The van der Waals surface area contributed by atoms with Crippen LogP contribution in [-0.4, -0.2) is 22.7 Å². The number of aromatic nitrogens is 2. The first kappa shape index (κ1) is 14.1. The maximum Gasteiger partial charge on any atom is 0.231 e. The fraction of sp³-hybridized carbons (Fsp3) is 0.875. The van der Waals surface area contributed by atoms with Crippen LogP contribution in [0.3, 0.4) is 0 Å². The van der Waals surface area contributed by atoms with Gasteiger partial charge in [-0.2, -0.15) is 4.98 Å². The van der Waals surface area contributed by atoms with E-state index in [-0.39, 0.29) is 0 Å². The van der Waals surface area contributed by atoms with Crippen LogP contribution in [0.1, 0.15) is 82.3 Å². The Hall–Kier alpha value is -0.900. The molecule has 4 nitrogen and oxygen atoms in total. The number of nitrogens with one attached hydrogen (secondary N) is 1. The van der Waals surface area contributed by atoms with Crippen LogP contribution in [0, 0.1) is 5.92 Å². The number of likely N-dealkylation sites (N-methyl/N-ethyl adjacent to an activating group) is 1. The van der Waals surface area contributed by atoms with E-state index < -0.39 is 0 Å². The van der Waals surface area contributed by atoms with Crippen molar-refractivity contribution in [3.05, 3.63) is 11.7 Å². The van der Waals surface area contributed by atoms with Gasteiger partial charge in [0.2, 0.25) is 5.89 Å². The third-order valence-electron chi connectivity index (χ3n) is 5.24. The van der Waals surface area contributed by atoms with E-state index in [1.54, 1.807) is 0 Å². The summed E-state index contributed by atoms with van der Waals surface area (Å²) in [6, 6.07) is 0.528. The second-order valence-corrected chi connectivity index (χ2v) is 6.48. The van der Waals surface area contributed by atoms with Crippen molar-refractivity contribution >= 4 is 0 Å². The first-order chi connectivity index (χ1) is 9.81. The Morgan fingerprint density at radius 1 is 1.20 bits per heavy atom. The van der Waals surface area contributed by atoms with E-state index in [0.29, 0.717) is 17.9 Å². The molecule has 1 N–H and O–H groups in total. The topological polar surface area (TPSA) is 51.0 Å². The van der Waals surface area contributed by atoms with Gasteiger partial charge in [0, 0.05) is 12.0 Å². The molecule has 2 saturated carbocycles. The van der Waals surface area contributed by atoms with E-state index in [4.69, 9.17) is 9.51 Å². The molecular weight excluding hydrogens is 250 g/mol. The van der Waals surface area contributed by atoms with Crippen molar-refractivity contribution < 1.29 is 4.52 Å². The van der Waals surface area contributed by atoms with Gasteiger partial charge in [0.25, 0.3) is 0 Å². The average molecular weight is 277 g/mol. The minimum absolute atomic E-state index is 0.430. The van der Waals surface area contributed by atoms with Crippen molar-refractivity contribution in [3.8, 4) is 0 Å². The van der Waals surface area contributed by atoms with Gasteiger partial charge in [0.1, 0.15) is 0 Å². The molecule has 0 aliphatic heterocycles. The van der Waals surface area contributed by atoms with Crippen LogP contribution >= 0.6 is 0 Å². The summed E-state index contributed by atoms with van der Waals surface area (Å²) in [5.74, 6) is 3.68. The van der Waals surface area contributed by atoms with E-state index in [2.05, 4.69) is 24.3 Å². The number of hydrogen-bond donors (Lipinski definition) is 1. The fourth-order valence-electron chi connectivity index (χ4n) is 4.01. The molecule has 2 fully saturated rings. The fourth-order valence-corrected chi connectivity index (χ4v) is 4.01. The zero-order valence-electron chi connectivity index (χ0n) is 12.8. The largest absolute Gasteiger partial charge is 0.339 e. The van der Waals surface area contributed by atoms with Crippen molar-refractivity contribution in [3.63, 3.8) is 0 Å². The van der Waals surface area contributed by atoms with Gasteiger partial charge in [-0.15, -0.1) is 0 Å². The third kappa shape index (κ3) is 2.76. The molecule has 4 atom stereocenters. The second kappa shape index (κ2) is 6.25. The molecule has 2 aliphatic carbocycles. The predicted molar refractivity (Wildman–Crippen MR) is 78.7 cm³/mol. The van der Waals surface area contributed by atoms with Crippen LogP contribution in [0.2, 0.25) is 0 Å². The third-order valence-corrected chi connectivity index (χ3v) is 5.24. The summed E-state index contributed by atoms with van der Waals surface area (Å²) in [6.45, 7) is 5.47. The normalized spacial score (nSPS) is 33.9. The first-order valence-corrected chi connectivity index (χ1v) is 8.38. The van der Waals surface area contributed by atoms with Gasteiger partial charge in [0.15, 0.2) is 5.82 Å². The lowest BCUT2D eigenvalue weighted by atomic mass is 10.0. The van der Waals surface area contributed by atoms with E-state index in [0.717, 1.165) is 24.2 Å². The number of rotatable bonds is 5. The summed E-state index contributed by atoms with van der Waals surface area (Å²) >= 11 is 0. The number of nitrogens with zero attached hydrogens (tertiary/aromatic N) is 2. The zero-order chi connectivity index (χ0) is 13.9. The maximum atomic E-state index is 5.61. The summed E-state index contributed by atoms with van der Waals surface area (Å²) < 4.78 is 5.61. The Bertz CT molecular complexity index is 431. The molecule has 0 bridgehead atoms. The summed E-state index contributed by atoms with van der Waals surface area (Å²) in [6.07, 6.45) is 8.77. The highest BCUT2D eigenvalue weighted by Crippen LogP contribution is 2.40. The quantitative estimate of drug-likeness (QED) is 0.893. The summed E-state index contributed by atoms with van der Waals surface area (Å²) in [5.41, 5.74) is 0. The average Bonchev–Trinajstić information content (AvgIpc) is 3.18. The van der Waals surface area contributed by atoms with Crippen molar-refractivity contribution in [2.24, 2.45) is 5.92 Å². The van der Waals surface area contributed by atoms with Crippen molar-refractivity contribution in [2.45, 2.75) is 76.7 Å². The zero-order valence-corrected chi connectivity index (χ0v) is 12.8. The Morgan fingerprint density at radius 2 is 2.10 bits per heavy atom. The summed E-state index contributed by atoms with van der Waals surface area (Å²) in [7, 11) is 0. The minimum atomic E-state index is 0.430. The Morgan fingerprint density at radius 3 is 2.85 bits per heavy atom. The maximum absolute atomic E-state index is 5.61. The van der Waals surface area contributed by atoms with Gasteiger partial charge in [-0.05, 0) is 44.6 Å². The molecule has 1 heterocycles. The Kier molecular flexibility index (Phi) is 4.39. The molecule has 0 radical (unpaired) electrons. The molecular formula is C16H27N3O. The SMILES string of the molecule is CCNC1CCCC1c1nc(C2CCC(CC)C2)no1. The van der Waals surface area contributed by atoms with Crippen LogP contribution in [0.5, 0.6) is 0 Å². The molecule has 0 amide bonds. The lowest BCUT2D eigenvalue weighted by Gasteiger charge is -2.16. The van der Waals surface area contributed by atoms with Gasteiger partial charge in [-0.1, -0.05) is 31.8 Å². The highest BCUT2D eigenvalue weighted by molar-refractivity contribution is 5.06. The van der Waals surface area contributed by atoms with Crippen molar-refractivity contribution in [2.75, 3.05) is 6.54 Å². The molecule has 0 aromatic carbocycles. The van der Waals surface area contributed by atoms with Gasteiger partial charge >= 0.3 is 0 Å². The van der Waals surface area contributed by atoms with E-state index in [1.165, 1.54) is 44.9 Å². The van der Waals surface area contributed by atoms with Crippen LogP contribution in [0.4, 0.5) is 0 Å². The summed E-state index contributed by atoms with van der Waals surface area (Å²) in [4.78, 5) is 4.76. The molecule has 3 rings (SSSR count). The van der Waals surface area contributed by atoms with E-state index in [9.17, 15) is 0 Å². The molecule has 2 aliphatic rings. The van der Waals surface area contributed by atoms with Crippen LogP contribution < -0.4 is 5.32 Å². The molecule has 1 aromatic heterocycles. The van der Waals surface area contributed by atoms with Crippen molar-refractivity contribution in [1.82, 2.24) is 15.5 Å². The van der Waals surface area contributed by atoms with Gasteiger partial charge in [0.05, 0.1) is 5.92 Å². The van der Waals surface area contributed by atoms with Crippen LogP contribution in [-0.2, 0) is 0 Å². The Balaban J connectivity index is 1.67. The standard InChI is InChI=1S/C16H27N3O/c1-3-11-8-9-12(10-11)15-18-16(20-19-15)13-6-5-7-14(13)17-4-2/h11-14,17H,3-10H2,1-2H3. The van der Waals surface area contributed by atoms with Gasteiger partial charge in [-0.25, -0.2) is 0 Å². The van der Waals surface area contributed by atoms with E-state index >= 15 is 0 Å². The predicted octanol–water partition coefficient (Wildman–Crippen LogP) is 3.61.